The summed E-state index contributed by atoms with van der Waals surface area (Å²) in [6.07, 6.45) is -1.60. The van der Waals surface area contributed by atoms with E-state index in [1.165, 1.54) is 18.3 Å². The molecule has 1 aliphatic rings. The fourth-order valence-electron chi connectivity index (χ4n) is 3.25. The lowest BCUT2D eigenvalue weighted by atomic mass is 10.1. The van der Waals surface area contributed by atoms with E-state index in [9.17, 15) is 26.4 Å². The summed E-state index contributed by atoms with van der Waals surface area (Å²) >= 11 is 0. The number of pyridine rings is 1. The van der Waals surface area contributed by atoms with Crippen LogP contribution in [0.2, 0.25) is 0 Å². The molecule has 0 unspecified atom stereocenters. The second-order valence-electron chi connectivity index (χ2n) is 7.41. The van der Waals surface area contributed by atoms with Gasteiger partial charge in [-0.1, -0.05) is 6.07 Å². The SMILES string of the molecule is CS(=O)(=O)Nc1ncccc1CNc1nc(Nc2ccc3c(c2)CC(=O)N3)ncc1C(F)(F)F. The molecular weight excluding hydrogens is 475 g/mol. The molecule has 1 aliphatic heterocycles. The summed E-state index contributed by atoms with van der Waals surface area (Å²) in [5.41, 5.74) is 1.12. The Hall–Kier alpha value is -3.94. The molecule has 2 aromatic heterocycles. The van der Waals surface area contributed by atoms with E-state index in [-0.39, 0.29) is 30.6 Å². The van der Waals surface area contributed by atoms with Crippen molar-refractivity contribution in [3.05, 3.63) is 59.4 Å². The predicted octanol–water partition coefficient (Wildman–Crippen LogP) is 3.11. The van der Waals surface area contributed by atoms with Gasteiger partial charge in [0.1, 0.15) is 17.2 Å². The topological polar surface area (TPSA) is 138 Å². The van der Waals surface area contributed by atoms with Crippen molar-refractivity contribution >= 4 is 44.9 Å². The van der Waals surface area contributed by atoms with Gasteiger partial charge >= 0.3 is 6.18 Å². The summed E-state index contributed by atoms with van der Waals surface area (Å²) in [6, 6.07) is 8.03. The second kappa shape index (κ2) is 8.78. The maximum absolute atomic E-state index is 13.5. The third-order valence-corrected chi connectivity index (χ3v) is 5.26. The van der Waals surface area contributed by atoms with Crippen LogP contribution in [0, 0.1) is 0 Å². The Labute approximate surface area is 192 Å². The minimum absolute atomic E-state index is 0.0141. The molecule has 178 valence electrons. The van der Waals surface area contributed by atoms with Gasteiger partial charge in [0.2, 0.25) is 21.9 Å². The van der Waals surface area contributed by atoms with Gasteiger partial charge in [0.05, 0.1) is 12.7 Å². The number of nitrogens with zero attached hydrogens (tertiary/aromatic N) is 3. The van der Waals surface area contributed by atoms with Gasteiger partial charge in [0.25, 0.3) is 0 Å². The molecule has 4 N–H and O–H groups in total. The van der Waals surface area contributed by atoms with Gasteiger partial charge in [-0.05, 0) is 29.8 Å². The summed E-state index contributed by atoms with van der Waals surface area (Å²) in [6.45, 7) is -0.197. The van der Waals surface area contributed by atoms with Crippen LogP contribution in [-0.2, 0) is 34.0 Å². The van der Waals surface area contributed by atoms with Crippen LogP contribution in [0.15, 0.2) is 42.7 Å². The molecule has 0 saturated heterocycles. The normalized spacial score (nSPS) is 13.2. The number of benzene rings is 1. The Kier molecular flexibility index (Phi) is 6.00. The summed E-state index contributed by atoms with van der Waals surface area (Å²) in [4.78, 5) is 23.2. The Morgan fingerprint density at radius 3 is 2.68 bits per heavy atom. The maximum atomic E-state index is 13.5. The molecule has 0 fully saturated rings. The number of carbonyl (C=O) groups is 1. The van der Waals surface area contributed by atoms with E-state index in [4.69, 9.17) is 0 Å². The summed E-state index contributed by atoms with van der Waals surface area (Å²) in [5, 5.41) is 8.12. The van der Waals surface area contributed by atoms with Crippen LogP contribution in [0.3, 0.4) is 0 Å². The second-order valence-corrected chi connectivity index (χ2v) is 9.16. The molecule has 1 amide bonds. The zero-order chi connectivity index (χ0) is 24.5. The molecule has 1 aromatic carbocycles. The lowest BCUT2D eigenvalue weighted by Crippen LogP contribution is -2.16. The van der Waals surface area contributed by atoms with Gasteiger partial charge in [-0.3, -0.25) is 9.52 Å². The molecule has 0 atom stereocenters. The van der Waals surface area contributed by atoms with Gasteiger partial charge in [0.15, 0.2) is 0 Å². The molecule has 34 heavy (non-hydrogen) atoms. The molecule has 3 heterocycles. The van der Waals surface area contributed by atoms with Crippen LogP contribution in [0.25, 0.3) is 0 Å². The van der Waals surface area contributed by atoms with Crippen molar-refractivity contribution in [2.24, 2.45) is 0 Å². The third-order valence-electron chi connectivity index (χ3n) is 4.70. The van der Waals surface area contributed by atoms with E-state index >= 15 is 0 Å². The molecule has 4 rings (SSSR count). The largest absolute Gasteiger partial charge is 0.421 e. The van der Waals surface area contributed by atoms with Crippen molar-refractivity contribution in [2.45, 2.75) is 19.1 Å². The van der Waals surface area contributed by atoms with Gasteiger partial charge in [-0.15, -0.1) is 0 Å². The van der Waals surface area contributed by atoms with Crippen molar-refractivity contribution in [3.63, 3.8) is 0 Å². The zero-order valence-corrected chi connectivity index (χ0v) is 18.4. The highest BCUT2D eigenvalue weighted by molar-refractivity contribution is 7.92. The number of anilines is 5. The number of nitrogens with one attached hydrogen (secondary N) is 4. The monoisotopic (exact) mass is 493 g/mol. The minimum Gasteiger partial charge on any atom is -0.365 e. The van der Waals surface area contributed by atoms with Gasteiger partial charge in [0, 0.05) is 35.9 Å². The molecule has 0 aliphatic carbocycles. The number of halogens is 3. The average molecular weight is 493 g/mol. The number of fused-ring (bicyclic) bond motifs is 1. The minimum atomic E-state index is -4.73. The number of hydrogen-bond acceptors (Lipinski definition) is 8. The summed E-state index contributed by atoms with van der Waals surface area (Å²) < 4.78 is 65.9. The number of aromatic nitrogens is 3. The van der Waals surface area contributed by atoms with E-state index in [0.29, 0.717) is 23.1 Å². The molecule has 0 radical (unpaired) electrons. The predicted molar refractivity (Wildman–Crippen MR) is 119 cm³/mol. The number of hydrogen-bond donors (Lipinski definition) is 4. The molecule has 3 aromatic rings. The van der Waals surface area contributed by atoms with Crippen LogP contribution in [0.4, 0.5) is 42.1 Å². The van der Waals surface area contributed by atoms with Crippen LogP contribution in [0.5, 0.6) is 0 Å². The maximum Gasteiger partial charge on any atom is 0.421 e. The quantitative estimate of drug-likeness (QED) is 0.394. The van der Waals surface area contributed by atoms with Crippen LogP contribution < -0.4 is 20.7 Å². The molecule has 0 bridgehead atoms. The highest BCUT2D eigenvalue weighted by Crippen LogP contribution is 2.35. The Morgan fingerprint density at radius 2 is 1.94 bits per heavy atom. The van der Waals surface area contributed by atoms with Crippen molar-refractivity contribution in [1.29, 1.82) is 0 Å². The number of amides is 1. The zero-order valence-electron chi connectivity index (χ0n) is 17.6. The average Bonchev–Trinajstić information content (AvgIpc) is 3.10. The number of alkyl halides is 3. The van der Waals surface area contributed by atoms with Crippen molar-refractivity contribution < 1.29 is 26.4 Å². The lowest BCUT2D eigenvalue weighted by Gasteiger charge is -2.16. The summed E-state index contributed by atoms with van der Waals surface area (Å²) in [7, 11) is -3.64. The molecule has 10 nitrogen and oxygen atoms in total. The molecule has 0 spiro atoms. The molecule has 0 saturated carbocycles. The van der Waals surface area contributed by atoms with Crippen LogP contribution in [-0.4, -0.2) is 35.5 Å². The highest BCUT2D eigenvalue weighted by Gasteiger charge is 2.35. The standard InChI is InChI=1S/C20H18F3N7O3S/c1-34(32,33)30-17-11(3-2-6-24-17)9-25-18-14(20(21,22)23)10-26-19(29-18)27-13-4-5-15-12(7-13)8-16(31)28-15/h2-7,10H,8-9H2,1H3,(H,24,30)(H,28,31)(H2,25,26,27,29). The Morgan fingerprint density at radius 1 is 1.15 bits per heavy atom. The van der Waals surface area contributed by atoms with E-state index in [1.54, 1.807) is 18.2 Å². The Bertz CT molecular complexity index is 1360. The van der Waals surface area contributed by atoms with E-state index in [0.717, 1.165) is 11.8 Å². The van der Waals surface area contributed by atoms with E-state index in [2.05, 4.69) is 35.6 Å². The first-order valence-electron chi connectivity index (χ1n) is 9.77. The number of carbonyl (C=O) groups excluding carboxylic acids is 1. The van der Waals surface area contributed by atoms with Crippen LogP contribution in [0.1, 0.15) is 16.7 Å². The van der Waals surface area contributed by atoms with Crippen molar-refractivity contribution in [3.8, 4) is 0 Å². The fraction of sp³-hybridized carbons (Fsp3) is 0.200. The van der Waals surface area contributed by atoms with Crippen molar-refractivity contribution in [2.75, 3.05) is 26.9 Å². The molecular formula is C20H18F3N7O3S. The first kappa shape index (κ1) is 23.2. The van der Waals surface area contributed by atoms with E-state index < -0.39 is 27.6 Å². The fourth-order valence-corrected chi connectivity index (χ4v) is 3.78. The summed E-state index contributed by atoms with van der Waals surface area (Å²) in [5.74, 6) is -0.769. The highest BCUT2D eigenvalue weighted by atomic mass is 32.2. The number of rotatable bonds is 7. The third kappa shape index (κ3) is 5.51. The van der Waals surface area contributed by atoms with Crippen molar-refractivity contribution in [1.82, 2.24) is 15.0 Å². The smallest absolute Gasteiger partial charge is 0.365 e. The van der Waals surface area contributed by atoms with Gasteiger partial charge < -0.3 is 16.0 Å². The number of sulfonamides is 1. The van der Waals surface area contributed by atoms with E-state index in [1.807, 2.05) is 0 Å². The van der Waals surface area contributed by atoms with Gasteiger partial charge in [-0.2, -0.15) is 18.2 Å². The lowest BCUT2D eigenvalue weighted by molar-refractivity contribution is -0.137. The van der Waals surface area contributed by atoms with Crippen LogP contribution >= 0.6 is 0 Å². The Balaban J connectivity index is 1.59. The first-order valence-corrected chi connectivity index (χ1v) is 11.7. The molecule has 14 heteroatoms. The van der Waals surface area contributed by atoms with Gasteiger partial charge in [-0.25, -0.2) is 18.4 Å². The first-order chi connectivity index (χ1) is 16.0.